The zero-order valence-corrected chi connectivity index (χ0v) is 15.6. The molecule has 0 fully saturated rings. The van der Waals surface area contributed by atoms with Gasteiger partial charge in [0.1, 0.15) is 5.60 Å². The molecule has 0 bridgehead atoms. The van der Waals surface area contributed by atoms with Crippen LogP contribution >= 0.6 is 0 Å². The van der Waals surface area contributed by atoms with Crippen LogP contribution < -0.4 is 0 Å². The van der Waals surface area contributed by atoms with Crippen molar-refractivity contribution in [2.75, 3.05) is 6.61 Å². The molecule has 1 aromatic heterocycles. The Kier molecular flexibility index (Phi) is 5.25. The summed E-state index contributed by atoms with van der Waals surface area (Å²) in [5.41, 5.74) is 4.86. The topological polar surface area (TPSA) is 58.3 Å². The lowest BCUT2D eigenvalue weighted by molar-refractivity contribution is 0.0357. The van der Waals surface area contributed by atoms with Gasteiger partial charge < -0.3 is 10.2 Å². The molecular formula is C22H26N2O2. The molecule has 0 saturated heterocycles. The van der Waals surface area contributed by atoms with Gasteiger partial charge in [0.2, 0.25) is 0 Å². The molecule has 2 aromatic carbocycles. The van der Waals surface area contributed by atoms with E-state index in [2.05, 4.69) is 50.2 Å². The molecule has 0 amide bonds. The zero-order valence-electron chi connectivity index (χ0n) is 15.6. The van der Waals surface area contributed by atoms with Crippen LogP contribution in [0.1, 0.15) is 36.6 Å². The molecule has 3 rings (SSSR count). The third-order valence-electron chi connectivity index (χ3n) is 4.71. The summed E-state index contributed by atoms with van der Waals surface area (Å²) in [6.45, 7) is 5.92. The average Bonchev–Trinajstić information content (AvgIpc) is 3.07. The van der Waals surface area contributed by atoms with Crippen LogP contribution in [0.3, 0.4) is 0 Å². The van der Waals surface area contributed by atoms with Crippen molar-refractivity contribution in [1.29, 1.82) is 0 Å². The number of rotatable bonds is 6. The van der Waals surface area contributed by atoms with E-state index < -0.39 is 5.60 Å². The summed E-state index contributed by atoms with van der Waals surface area (Å²) in [5, 5.41) is 24.7. The number of aryl methyl sites for hydroxylation is 2. The normalized spacial score (nSPS) is 13.6. The number of benzene rings is 2. The van der Waals surface area contributed by atoms with Crippen molar-refractivity contribution in [2.24, 2.45) is 0 Å². The molecule has 1 atom stereocenters. The summed E-state index contributed by atoms with van der Waals surface area (Å²) in [7, 11) is 0. The van der Waals surface area contributed by atoms with E-state index in [1.165, 1.54) is 11.1 Å². The van der Waals surface area contributed by atoms with Crippen LogP contribution in [0.15, 0.2) is 54.6 Å². The first-order chi connectivity index (χ1) is 12.4. The first-order valence-electron chi connectivity index (χ1n) is 8.98. The Bertz CT molecular complexity index is 799. The van der Waals surface area contributed by atoms with Gasteiger partial charge in [-0.1, -0.05) is 47.5 Å². The van der Waals surface area contributed by atoms with Crippen molar-refractivity contribution >= 4 is 0 Å². The molecule has 0 aliphatic heterocycles. The summed E-state index contributed by atoms with van der Waals surface area (Å²) < 4.78 is 1.88. The summed E-state index contributed by atoms with van der Waals surface area (Å²) >= 11 is 0. The third-order valence-corrected chi connectivity index (χ3v) is 4.71. The lowest BCUT2D eigenvalue weighted by Crippen LogP contribution is -2.22. The Hall–Kier alpha value is -2.43. The highest BCUT2D eigenvalue weighted by molar-refractivity contribution is 5.63. The minimum atomic E-state index is -1.09. The third kappa shape index (κ3) is 3.87. The van der Waals surface area contributed by atoms with E-state index in [9.17, 15) is 5.11 Å². The van der Waals surface area contributed by atoms with Gasteiger partial charge in [-0.15, -0.1) is 0 Å². The van der Waals surface area contributed by atoms with Crippen molar-refractivity contribution in [3.05, 3.63) is 71.4 Å². The standard InChI is InChI=1S/C22H26N2O2/c1-16-5-9-18(10-6-16)20-15-21(22(3,26)13-4-14-25)23-24(20)19-11-7-17(2)8-12-19/h5-12,15,25-26H,4,13-14H2,1-3H3. The van der Waals surface area contributed by atoms with Gasteiger partial charge in [0, 0.05) is 12.2 Å². The Balaban J connectivity index is 2.11. The fourth-order valence-electron chi connectivity index (χ4n) is 3.01. The van der Waals surface area contributed by atoms with E-state index in [4.69, 9.17) is 10.2 Å². The summed E-state index contributed by atoms with van der Waals surface area (Å²) in [4.78, 5) is 0. The second kappa shape index (κ2) is 7.44. The predicted octanol–water partition coefficient (Wildman–Crippen LogP) is 4.14. The minimum absolute atomic E-state index is 0.0552. The van der Waals surface area contributed by atoms with E-state index in [0.717, 1.165) is 16.9 Å². The molecule has 4 nitrogen and oxygen atoms in total. The molecule has 0 spiro atoms. The van der Waals surface area contributed by atoms with E-state index >= 15 is 0 Å². The van der Waals surface area contributed by atoms with Gasteiger partial charge in [-0.05, 0) is 51.8 Å². The van der Waals surface area contributed by atoms with Crippen LogP contribution in [0.4, 0.5) is 0 Å². The van der Waals surface area contributed by atoms with Crippen LogP contribution in [0, 0.1) is 13.8 Å². The van der Waals surface area contributed by atoms with Gasteiger partial charge in [-0.3, -0.25) is 0 Å². The van der Waals surface area contributed by atoms with Crippen LogP contribution in [-0.2, 0) is 5.60 Å². The highest BCUT2D eigenvalue weighted by Gasteiger charge is 2.27. The number of aliphatic hydroxyl groups is 2. The van der Waals surface area contributed by atoms with Gasteiger partial charge in [-0.25, -0.2) is 4.68 Å². The lowest BCUT2D eigenvalue weighted by atomic mass is 9.95. The maximum absolute atomic E-state index is 10.8. The number of aromatic nitrogens is 2. The SMILES string of the molecule is Cc1ccc(-c2cc(C(C)(O)CCCO)nn2-c2ccc(C)cc2)cc1. The van der Waals surface area contributed by atoms with Gasteiger partial charge in [0.25, 0.3) is 0 Å². The lowest BCUT2D eigenvalue weighted by Gasteiger charge is -2.20. The number of hydrogen-bond donors (Lipinski definition) is 2. The molecule has 0 aliphatic rings. The Morgan fingerprint density at radius 3 is 2.12 bits per heavy atom. The van der Waals surface area contributed by atoms with Crippen LogP contribution in [0.25, 0.3) is 16.9 Å². The number of aliphatic hydroxyl groups excluding tert-OH is 1. The van der Waals surface area contributed by atoms with Crippen molar-refractivity contribution < 1.29 is 10.2 Å². The second-order valence-electron chi connectivity index (χ2n) is 7.13. The summed E-state index contributed by atoms with van der Waals surface area (Å²) in [6, 6.07) is 18.4. The largest absolute Gasteiger partial charge is 0.396 e. The van der Waals surface area contributed by atoms with Gasteiger partial charge in [0.15, 0.2) is 0 Å². The molecule has 1 heterocycles. The molecule has 26 heavy (non-hydrogen) atoms. The van der Waals surface area contributed by atoms with E-state index in [1.807, 2.05) is 22.9 Å². The van der Waals surface area contributed by atoms with Crippen molar-refractivity contribution in [3.63, 3.8) is 0 Å². The maximum atomic E-state index is 10.8. The Labute approximate surface area is 154 Å². The number of hydrogen-bond acceptors (Lipinski definition) is 3. The smallest absolute Gasteiger partial charge is 0.106 e. The molecule has 1 unspecified atom stereocenters. The molecule has 2 N–H and O–H groups in total. The highest BCUT2D eigenvalue weighted by atomic mass is 16.3. The first-order valence-corrected chi connectivity index (χ1v) is 8.98. The molecule has 0 aliphatic carbocycles. The quantitative estimate of drug-likeness (QED) is 0.702. The molecule has 0 saturated carbocycles. The molecule has 4 heteroatoms. The fourth-order valence-corrected chi connectivity index (χ4v) is 3.01. The Morgan fingerprint density at radius 2 is 1.54 bits per heavy atom. The van der Waals surface area contributed by atoms with Crippen molar-refractivity contribution in [3.8, 4) is 16.9 Å². The monoisotopic (exact) mass is 350 g/mol. The van der Waals surface area contributed by atoms with Crippen molar-refractivity contribution in [2.45, 2.75) is 39.2 Å². The second-order valence-corrected chi connectivity index (χ2v) is 7.13. The van der Waals surface area contributed by atoms with Crippen molar-refractivity contribution in [1.82, 2.24) is 9.78 Å². The molecule has 0 radical (unpaired) electrons. The van der Waals surface area contributed by atoms with Gasteiger partial charge >= 0.3 is 0 Å². The van der Waals surface area contributed by atoms with Gasteiger partial charge in [0.05, 0.1) is 17.1 Å². The molecular weight excluding hydrogens is 324 g/mol. The van der Waals surface area contributed by atoms with Gasteiger partial charge in [-0.2, -0.15) is 5.10 Å². The average molecular weight is 350 g/mol. The first kappa shape index (κ1) is 18.4. The summed E-state index contributed by atoms with van der Waals surface area (Å²) in [6.07, 6.45) is 0.992. The highest BCUT2D eigenvalue weighted by Crippen LogP contribution is 2.31. The minimum Gasteiger partial charge on any atom is -0.396 e. The van der Waals surface area contributed by atoms with Crippen LogP contribution in [0.5, 0.6) is 0 Å². The van der Waals surface area contributed by atoms with Crippen LogP contribution in [0.2, 0.25) is 0 Å². The molecule has 136 valence electrons. The fraction of sp³-hybridized carbons (Fsp3) is 0.318. The zero-order chi connectivity index (χ0) is 18.7. The van der Waals surface area contributed by atoms with E-state index in [1.54, 1.807) is 6.92 Å². The number of nitrogens with zero attached hydrogens (tertiary/aromatic N) is 2. The van der Waals surface area contributed by atoms with E-state index in [0.29, 0.717) is 18.5 Å². The predicted molar refractivity (Wildman–Crippen MR) is 104 cm³/mol. The Morgan fingerprint density at radius 1 is 0.962 bits per heavy atom. The van der Waals surface area contributed by atoms with Crippen LogP contribution in [-0.4, -0.2) is 26.6 Å². The maximum Gasteiger partial charge on any atom is 0.106 e. The summed E-state index contributed by atoms with van der Waals surface area (Å²) in [5.74, 6) is 0. The molecule has 3 aromatic rings. The van der Waals surface area contributed by atoms with E-state index in [-0.39, 0.29) is 6.61 Å².